The second kappa shape index (κ2) is 3.95. The maximum absolute atomic E-state index is 10.2. The molecule has 0 radical (unpaired) electrons. The highest BCUT2D eigenvalue weighted by atomic mass is 31.0. The molecule has 0 aromatic rings. The molecule has 0 aromatic carbocycles. The Hall–Kier alpha value is -0.250. The lowest BCUT2D eigenvalue weighted by atomic mass is 10.5. The van der Waals surface area contributed by atoms with Crippen LogP contribution in [-0.2, 0) is 4.52 Å². The van der Waals surface area contributed by atoms with Gasteiger partial charge in [-0.1, -0.05) is 0 Å². The lowest BCUT2D eigenvalue weighted by molar-refractivity contribution is -0.886. The topological polar surface area (TPSA) is 52.4 Å². The molecule has 0 aliphatic rings. The highest BCUT2D eigenvalue weighted by molar-refractivity contribution is 7.09. The molecule has 0 aliphatic heterocycles. The molecule has 0 N–H and O–H groups in total. The van der Waals surface area contributed by atoms with E-state index in [2.05, 4.69) is 14.0 Å². The van der Waals surface area contributed by atoms with E-state index in [9.17, 15) is 10.1 Å². The normalized spacial score (nSPS) is 14.5. The molecule has 0 amide bonds. The van der Waals surface area contributed by atoms with Gasteiger partial charge in [-0.2, -0.15) is 0 Å². The molecule has 0 saturated carbocycles. The number of hydrogen-bond donors (Lipinski definition) is 0. The zero-order valence-corrected chi connectivity index (χ0v) is 7.90. The van der Waals surface area contributed by atoms with Crippen LogP contribution in [0.2, 0.25) is 0 Å². The Morgan fingerprint density at radius 3 is 2.18 bits per heavy atom. The van der Waals surface area contributed by atoms with Crippen molar-refractivity contribution in [3.63, 3.8) is 0 Å². The van der Waals surface area contributed by atoms with E-state index in [0.717, 1.165) is 0 Å². The first kappa shape index (κ1) is 10.8. The van der Waals surface area contributed by atoms with Crippen molar-refractivity contribution in [3.05, 3.63) is 10.1 Å². The summed E-state index contributed by atoms with van der Waals surface area (Å²) < 4.78 is 4.97. The van der Waals surface area contributed by atoms with Crippen LogP contribution < -0.4 is 0 Å². The van der Waals surface area contributed by atoms with Gasteiger partial charge in [-0.15, -0.1) is 0 Å². The van der Waals surface area contributed by atoms with Crippen LogP contribution in [0.25, 0.3) is 0 Å². The fraction of sp³-hybridized carbons (Fsp3) is 1.00. The summed E-state index contributed by atoms with van der Waals surface area (Å²) in [6, 6.07) is 0. The number of nitro groups is 1. The SMILES string of the molecule is C[N+](C)(C)CC(O[PH-])[N+](=O)[O-]. The van der Waals surface area contributed by atoms with Crippen LogP contribution in [0.15, 0.2) is 0 Å². The predicted molar refractivity (Wildman–Crippen MR) is 43.1 cm³/mol. The summed E-state index contributed by atoms with van der Waals surface area (Å²) in [5.74, 6) is 0. The molecule has 0 rings (SSSR count). The van der Waals surface area contributed by atoms with Crippen molar-refractivity contribution in [2.45, 2.75) is 6.23 Å². The molecule has 1 atom stereocenters. The highest BCUT2D eigenvalue weighted by Gasteiger charge is 2.24. The summed E-state index contributed by atoms with van der Waals surface area (Å²) in [6.45, 7) is 0.330. The Morgan fingerprint density at radius 1 is 1.64 bits per heavy atom. The van der Waals surface area contributed by atoms with E-state index >= 15 is 0 Å². The van der Waals surface area contributed by atoms with Crippen LogP contribution in [0.1, 0.15) is 0 Å². The minimum atomic E-state index is -0.980. The van der Waals surface area contributed by atoms with Gasteiger partial charge in [0.25, 0.3) is 0 Å². The highest BCUT2D eigenvalue weighted by Crippen LogP contribution is 2.03. The first-order valence-electron chi connectivity index (χ1n) is 3.13. The molecule has 0 saturated heterocycles. The van der Waals surface area contributed by atoms with Gasteiger partial charge in [0.2, 0.25) is 0 Å². The zero-order chi connectivity index (χ0) is 9.07. The first-order valence-corrected chi connectivity index (χ1v) is 3.54. The Bertz CT molecular complexity index is 145. The second-order valence-electron chi connectivity index (χ2n) is 3.33. The van der Waals surface area contributed by atoms with Crippen LogP contribution in [-0.4, -0.2) is 43.3 Å². The Morgan fingerprint density at radius 2 is 2.09 bits per heavy atom. The maximum Gasteiger partial charge on any atom is 0.336 e. The van der Waals surface area contributed by atoms with E-state index in [1.165, 1.54) is 0 Å². The molecule has 0 aromatic heterocycles. The fourth-order valence-electron chi connectivity index (χ4n) is 0.616. The fourth-order valence-corrected chi connectivity index (χ4v) is 0.776. The molecular formula is C5H13N2O3P. The second-order valence-corrected chi connectivity index (χ2v) is 3.57. The van der Waals surface area contributed by atoms with Crippen molar-refractivity contribution in [1.29, 1.82) is 0 Å². The lowest BCUT2D eigenvalue weighted by Gasteiger charge is -2.26. The van der Waals surface area contributed by atoms with Crippen LogP contribution in [0.4, 0.5) is 0 Å². The average molecular weight is 180 g/mol. The molecule has 0 spiro atoms. The van der Waals surface area contributed by atoms with Crippen molar-refractivity contribution < 1.29 is 13.9 Å². The van der Waals surface area contributed by atoms with Gasteiger partial charge >= 0.3 is 6.23 Å². The monoisotopic (exact) mass is 180 g/mol. The van der Waals surface area contributed by atoms with Gasteiger partial charge in [0.05, 0.1) is 26.1 Å². The smallest absolute Gasteiger partial charge is 0.336 e. The maximum atomic E-state index is 10.2. The number of quaternary nitrogens is 1. The van der Waals surface area contributed by atoms with E-state index in [-0.39, 0.29) is 0 Å². The Labute approximate surface area is 68.4 Å². The largest absolute Gasteiger partial charge is 0.500 e. The standard InChI is InChI=1S/C5H13N2O3P/c1-7(2,3)4-5(10-11)6(8)9/h5,11H,4H2,1-3H3. The summed E-state index contributed by atoms with van der Waals surface area (Å²) in [5, 5.41) is 10.2. The summed E-state index contributed by atoms with van der Waals surface area (Å²) in [5.41, 5.74) is 0. The van der Waals surface area contributed by atoms with E-state index in [0.29, 0.717) is 11.0 Å². The quantitative estimate of drug-likeness (QED) is 0.206. The van der Waals surface area contributed by atoms with Crippen LogP contribution >= 0.6 is 9.47 Å². The number of likely N-dealkylation sites (N-methyl/N-ethyl adjacent to an activating group) is 1. The predicted octanol–water partition coefficient (Wildman–Crippen LogP) is 0.370. The lowest BCUT2D eigenvalue weighted by Crippen LogP contribution is -2.44. The zero-order valence-electron chi connectivity index (χ0n) is 6.90. The van der Waals surface area contributed by atoms with E-state index in [1.807, 2.05) is 21.1 Å². The molecule has 11 heavy (non-hydrogen) atoms. The van der Waals surface area contributed by atoms with Crippen LogP contribution in [0.5, 0.6) is 0 Å². The molecule has 0 heterocycles. The van der Waals surface area contributed by atoms with Gasteiger partial charge in [-0.25, -0.2) is 0 Å². The Kier molecular flexibility index (Phi) is 3.86. The van der Waals surface area contributed by atoms with Gasteiger partial charge in [-0.3, -0.25) is 10.1 Å². The van der Waals surface area contributed by atoms with Gasteiger partial charge in [0.15, 0.2) is 6.54 Å². The summed E-state index contributed by atoms with van der Waals surface area (Å²) in [7, 11) is 8.25. The van der Waals surface area contributed by atoms with Crippen LogP contribution in [0.3, 0.4) is 0 Å². The van der Waals surface area contributed by atoms with Crippen molar-refractivity contribution in [2.75, 3.05) is 27.7 Å². The van der Waals surface area contributed by atoms with Crippen molar-refractivity contribution in [3.8, 4) is 0 Å². The minimum Gasteiger partial charge on any atom is -0.500 e. The van der Waals surface area contributed by atoms with Gasteiger partial charge in [0.1, 0.15) is 0 Å². The molecule has 5 nitrogen and oxygen atoms in total. The van der Waals surface area contributed by atoms with Crippen LogP contribution in [0, 0.1) is 10.1 Å². The minimum absolute atomic E-state index is 0.330. The molecular weight excluding hydrogens is 167 g/mol. The molecule has 0 aliphatic carbocycles. The van der Waals surface area contributed by atoms with Crippen molar-refractivity contribution in [2.24, 2.45) is 0 Å². The van der Waals surface area contributed by atoms with Gasteiger partial charge in [0, 0.05) is 0 Å². The van der Waals surface area contributed by atoms with Crippen molar-refractivity contribution >= 4 is 9.47 Å². The van der Waals surface area contributed by atoms with Crippen molar-refractivity contribution in [1.82, 2.24) is 0 Å². The summed E-state index contributed by atoms with van der Waals surface area (Å²) in [6.07, 6.45) is -0.980. The Balaban J connectivity index is 3.99. The van der Waals surface area contributed by atoms with Gasteiger partial charge < -0.3 is 18.5 Å². The molecule has 0 fully saturated rings. The third kappa shape index (κ3) is 5.07. The number of hydrogen-bond acceptors (Lipinski definition) is 3. The van der Waals surface area contributed by atoms with Gasteiger partial charge in [-0.05, 0) is 0 Å². The van der Waals surface area contributed by atoms with E-state index < -0.39 is 11.2 Å². The number of rotatable bonds is 4. The molecule has 6 heteroatoms. The molecule has 0 bridgehead atoms. The van der Waals surface area contributed by atoms with E-state index in [4.69, 9.17) is 0 Å². The summed E-state index contributed by atoms with van der Waals surface area (Å²) >= 11 is 0. The molecule has 1 unspecified atom stereocenters. The third-order valence-corrected chi connectivity index (χ3v) is 1.35. The average Bonchev–Trinajstić information content (AvgIpc) is 1.80. The number of nitrogens with zero attached hydrogens (tertiary/aromatic N) is 2. The summed E-state index contributed by atoms with van der Waals surface area (Å²) in [4.78, 5) is 9.79. The van der Waals surface area contributed by atoms with E-state index in [1.54, 1.807) is 0 Å². The first-order chi connectivity index (χ1) is 4.87. The third-order valence-electron chi connectivity index (χ3n) is 1.08. The molecule has 66 valence electrons.